The number of rotatable bonds is 0. The van der Waals surface area contributed by atoms with E-state index in [1.807, 2.05) is 0 Å². The number of fused-ring (bicyclic) bond motifs is 1. The maximum absolute atomic E-state index is 5.00. The van der Waals surface area contributed by atoms with E-state index in [1.165, 1.54) is 10.1 Å². The zero-order valence-corrected chi connectivity index (χ0v) is 6.83. The van der Waals surface area contributed by atoms with Gasteiger partial charge in [-0.05, 0) is 0 Å². The van der Waals surface area contributed by atoms with Gasteiger partial charge in [0.05, 0.1) is 4.70 Å². The van der Waals surface area contributed by atoms with Crippen LogP contribution in [-0.2, 0) is 0 Å². The Bertz CT molecular complexity index is 366. The molecule has 1 nitrogen and oxygen atoms in total. The van der Waals surface area contributed by atoms with Crippen molar-refractivity contribution in [3.05, 3.63) is 15.4 Å². The van der Waals surface area contributed by atoms with Crippen LogP contribution in [0.25, 0.3) is 10.1 Å². The Kier molecular flexibility index (Phi) is 1.18. The van der Waals surface area contributed by atoms with Crippen molar-refractivity contribution >= 4 is 45.2 Å². The van der Waals surface area contributed by atoms with Gasteiger partial charge >= 0.3 is 0 Å². The molecule has 4 heteroatoms. The summed E-state index contributed by atoms with van der Waals surface area (Å²) in [6.45, 7) is 0. The lowest BCUT2D eigenvalue weighted by Crippen LogP contribution is -1.50. The Hall–Kier alpha value is -0.190. The molecule has 0 saturated heterocycles. The molecule has 2 heterocycles. The van der Waals surface area contributed by atoms with Crippen LogP contribution in [0.3, 0.4) is 0 Å². The molecule has 0 saturated carbocycles. The summed E-state index contributed by atoms with van der Waals surface area (Å²) in [6.07, 6.45) is 0. The highest BCUT2D eigenvalue weighted by Gasteiger charge is 1.95. The number of aromatic nitrogens is 1. The summed E-state index contributed by atoms with van der Waals surface area (Å²) >= 11 is 8.30. The topological polar surface area (TPSA) is 15.8 Å². The van der Waals surface area contributed by atoms with Gasteiger partial charge in [-0.25, -0.2) is 0 Å². The lowest BCUT2D eigenvalue weighted by atomic mass is 10.5. The Labute approximate surface area is 65.1 Å². The molecule has 0 fully saturated rings. The van der Waals surface area contributed by atoms with E-state index in [0.29, 0.717) is 0 Å². The van der Waals surface area contributed by atoms with E-state index in [9.17, 15) is 0 Å². The van der Waals surface area contributed by atoms with Gasteiger partial charge in [0, 0.05) is 16.1 Å². The van der Waals surface area contributed by atoms with E-state index >= 15 is 0 Å². The van der Waals surface area contributed by atoms with E-state index in [2.05, 4.69) is 15.1 Å². The lowest BCUT2D eigenvalue weighted by molar-refractivity contribution is 1.56. The third kappa shape index (κ3) is 0.745. The third-order valence-corrected chi connectivity index (χ3v) is 3.33. The highest BCUT2D eigenvalue weighted by Crippen LogP contribution is 2.23. The summed E-state index contributed by atoms with van der Waals surface area (Å²) in [4.78, 5) is 0. The molecule has 0 unspecified atom stereocenters. The monoisotopic (exact) mass is 173 g/mol. The van der Waals surface area contributed by atoms with E-state index in [0.717, 1.165) is 4.64 Å². The van der Waals surface area contributed by atoms with Gasteiger partial charge in [0.1, 0.15) is 4.64 Å². The fourth-order valence-electron chi connectivity index (χ4n) is 0.686. The van der Waals surface area contributed by atoms with Crippen molar-refractivity contribution in [1.82, 2.24) is 4.37 Å². The molecule has 1 N–H and O–H groups in total. The van der Waals surface area contributed by atoms with Crippen LogP contribution in [0.4, 0.5) is 0 Å². The minimum Gasteiger partial charge on any atom is -0.301 e. The molecule has 0 amide bonds. The molecule has 2 rings (SSSR count). The second kappa shape index (κ2) is 1.90. The van der Waals surface area contributed by atoms with Gasteiger partial charge in [0.25, 0.3) is 0 Å². The van der Waals surface area contributed by atoms with Crippen LogP contribution in [0, 0.1) is 4.64 Å². The highest BCUT2D eigenvalue weighted by atomic mass is 32.1. The zero-order valence-electron chi connectivity index (χ0n) is 4.38. The zero-order chi connectivity index (χ0) is 6.27. The predicted molar refractivity (Wildman–Crippen MR) is 44.9 cm³/mol. The molecule has 0 spiro atoms. The van der Waals surface area contributed by atoms with Crippen molar-refractivity contribution in [2.24, 2.45) is 0 Å². The number of H-pyrrole nitrogens is 1. The normalized spacial score (nSPS) is 10.7. The van der Waals surface area contributed by atoms with Gasteiger partial charge in [-0.3, -0.25) is 0 Å². The second-order valence-electron chi connectivity index (χ2n) is 1.68. The smallest absolute Gasteiger partial charge is 0.122 e. The first kappa shape index (κ1) is 5.58. The fourth-order valence-corrected chi connectivity index (χ4v) is 2.84. The molecule has 0 bridgehead atoms. The van der Waals surface area contributed by atoms with Crippen molar-refractivity contribution in [1.29, 1.82) is 0 Å². The molecule has 2 aromatic heterocycles. The van der Waals surface area contributed by atoms with E-state index in [4.69, 9.17) is 12.2 Å². The second-order valence-corrected chi connectivity index (χ2v) is 3.68. The van der Waals surface area contributed by atoms with Crippen molar-refractivity contribution in [2.75, 3.05) is 0 Å². The first-order valence-corrected chi connectivity index (χ1v) is 4.58. The SMILES string of the molecule is S=c1[nH]sc2cscc12. The molecule has 0 aliphatic heterocycles. The van der Waals surface area contributed by atoms with Crippen molar-refractivity contribution in [3.8, 4) is 0 Å². The van der Waals surface area contributed by atoms with Gasteiger partial charge in [-0.15, -0.1) is 0 Å². The summed E-state index contributed by atoms with van der Waals surface area (Å²) < 4.78 is 5.16. The van der Waals surface area contributed by atoms with Gasteiger partial charge < -0.3 is 4.37 Å². The maximum Gasteiger partial charge on any atom is 0.122 e. The summed E-state index contributed by atoms with van der Waals surface area (Å²) in [5, 5.41) is 5.37. The largest absolute Gasteiger partial charge is 0.301 e. The number of aromatic amines is 1. The Morgan fingerprint density at radius 2 is 2.33 bits per heavy atom. The molecule has 0 radical (unpaired) electrons. The molecule has 46 valence electrons. The molecule has 0 atom stereocenters. The van der Waals surface area contributed by atoms with Crippen molar-refractivity contribution < 1.29 is 0 Å². The molecular formula is C5H3NS3. The summed E-state index contributed by atoms with van der Waals surface area (Å²) in [6, 6.07) is 0. The van der Waals surface area contributed by atoms with Crippen molar-refractivity contribution in [2.45, 2.75) is 0 Å². The van der Waals surface area contributed by atoms with Crippen LogP contribution >= 0.6 is 35.1 Å². The molecule has 2 aromatic rings. The molecular weight excluding hydrogens is 170 g/mol. The standard InChI is InChI=1S/C5H3NS3/c7-5-3-1-8-2-4(3)9-6-5/h1-2H,(H,6,7). The highest BCUT2D eigenvalue weighted by molar-refractivity contribution is 7.71. The number of nitrogens with one attached hydrogen (secondary N) is 1. The number of hydrogen-bond acceptors (Lipinski definition) is 3. The fraction of sp³-hybridized carbons (Fsp3) is 0. The minimum absolute atomic E-state index is 0.872. The predicted octanol–water partition coefficient (Wildman–Crippen LogP) is 3.02. The minimum atomic E-state index is 0.872. The van der Waals surface area contributed by atoms with E-state index in [1.54, 1.807) is 22.9 Å². The van der Waals surface area contributed by atoms with Crippen LogP contribution in [0.5, 0.6) is 0 Å². The summed E-state index contributed by atoms with van der Waals surface area (Å²) in [5.74, 6) is 0. The van der Waals surface area contributed by atoms with Crippen LogP contribution in [0.2, 0.25) is 0 Å². The number of hydrogen-bond donors (Lipinski definition) is 1. The first-order chi connectivity index (χ1) is 4.38. The number of thiophene rings is 1. The molecule has 9 heavy (non-hydrogen) atoms. The average molecular weight is 173 g/mol. The first-order valence-electron chi connectivity index (χ1n) is 2.41. The Morgan fingerprint density at radius 1 is 1.44 bits per heavy atom. The van der Waals surface area contributed by atoms with Crippen molar-refractivity contribution in [3.63, 3.8) is 0 Å². The van der Waals surface area contributed by atoms with Crippen LogP contribution in [0.1, 0.15) is 0 Å². The summed E-state index contributed by atoms with van der Waals surface area (Å²) in [5.41, 5.74) is 0. The van der Waals surface area contributed by atoms with E-state index < -0.39 is 0 Å². The van der Waals surface area contributed by atoms with Gasteiger partial charge in [0.15, 0.2) is 0 Å². The van der Waals surface area contributed by atoms with E-state index in [-0.39, 0.29) is 0 Å². The third-order valence-electron chi connectivity index (χ3n) is 1.12. The lowest BCUT2D eigenvalue weighted by Gasteiger charge is -1.63. The quantitative estimate of drug-likeness (QED) is 0.605. The van der Waals surface area contributed by atoms with Crippen LogP contribution < -0.4 is 0 Å². The summed E-state index contributed by atoms with van der Waals surface area (Å²) in [7, 11) is 0. The van der Waals surface area contributed by atoms with Gasteiger partial charge in [-0.1, -0.05) is 23.8 Å². The average Bonchev–Trinajstić information content (AvgIpc) is 2.35. The van der Waals surface area contributed by atoms with Crippen LogP contribution in [0.15, 0.2) is 10.8 Å². The molecule has 0 aromatic carbocycles. The molecule has 0 aliphatic rings. The Morgan fingerprint density at radius 3 is 3.11 bits per heavy atom. The van der Waals surface area contributed by atoms with Gasteiger partial charge in [-0.2, -0.15) is 11.3 Å². The van der Waals surface area contributed by atoms with Gasteiger partial charge in [0.2, 0.25) is 0 Å². The Balaban J connectivity index is 3.17. The van der Waals surface area contributed by atoms with Crippen LogP contribution in [-0.4, -0.2) is 4.37 Å². The maximum atomic E-state index is 5.00. The molecule has 0 aliphatic carbocycles.